The van der Waals surface area contributed by atoms with E-state index >= 15 is 0 Å². The number of aliphatic hydroxyl groups excluding tert-OH is 1. The number of ether oxygens (including phenoxy) is 1. The average Bonchev–Trinajstić information content (AvgIpc) is 3.31. The smallest absolute Gasteiger partial charge is 0.311 e. The molecule has 174 valence electrons. The average molecular weight is 461 g/mol. The number of amides is 2. The second-order valence-corrected chi connectivity index (χ2v) is 11.4. The van der Waals surface area contributed by atoms with E-state index in [-0.39, 0.29) is 31.0 Å². The van der Waals surface area contributed by atoms with Crippen molar-refractivity contribution in [2.24, 2.45) is 11.8 Å². The van der Waals surface area contributed by atoms with Crippen LogP contribution in [-0.4, -0.2) is 62.6 Å². The summed E-state index contributed by atoms with van der Waals surface area (Å²) in [5.41, 5.74) is 2.63. The maximum Gasteiger partial charge on any atom is 0.311 e. The van der Waals surface area contributed by atoms with E-state index in [0.29, 0.717) is 6.42 Å². The normalized spacial score (nSPS) is 33.9. The number of nitrogens with one attached hydrogen (secondary N) is 1. The van der Waals surface area contributed by atoms with Crippen molar-refractivity contribution in [2.45, 2.75) is 69.0 Å². The molecule has 3 aliphatic rings. The van der Waals surface area contributed by atoms with Crippen LogP contribution in [0, 0.1) is 25.7 Å². The predicted molar refractivity (Wildman–Crippen MR) is 123 cm³/mol. The lowest BCUT2D eigenvalue weighted by molar-refractivity contribution is -0.155. The van der Waals surface area contributed by atoms with Crippen molar-refractivity contribution in [1.82, 2.24) is 4.90 Å². The van der Waals surface area contributed by atoms with Gasteiger partial charge in [-0.1, -0.05) is 18.2 Å². The summed E-state index contributed by atoms with van der Waals surface area (Å²) in [6, 6.07) is 4.50. The monoisotopic (exact) mass is 460 g/mol. The number of aryl methyl sites for hydroxylation is 2. The highest BCUT2D eigenvalue weighted by Gasteiger charge is 2.77. The van der Waals surface area contributed by atoms with E-state index in [0.717, 1.165) is 23.2 Å². The Balaban J connectivity index is 1.78. The number of esters is 1. The lowest BCUT2D eigenvalue weighted by atomic mass is 9.66. The number of rotatable bonds is 6. The van der Waals surface area contributed by atoms with Gasteiger partial charge in [-0.25, -0.2) is 0 Å². The molecule has 2 amide bonds. The van der Waals surface area contributed by atoms with E-state index in [1.54, 1.807) is 25.6 Å². The van der Waals surface area contributed by atoms with Crippen molar-refractivity contribution in [1.29, 1.82) is 0 Å². The van der Waals surface area contributed by atoms with E-state index in [1.807, 2.05) is 39.0 Å². The Labute approximate surface area is 193 Å². The molecule has 8 heteroatoms. The molecule has 1 spiro atoms. The number of hydrogen-bond donors (Lipinski definition) is 2. The van der Waals surface area contributed by atoms with Crippen LogP contribution in [-0.2, 0) is 19.1 Å². The van der Waals surface area contributed by atoms with Gasteiger partial charge in [0.1, 0.15) is 6.04 Å². The van der Waals surface area contributed by atoms with Gasteiger partial charge in [-0.15, -0.1) is 11.8 Å². The van der Waals surface area contributed by atoms with Crippen molar-refractivity contribution in [3.63, 3.8) is 0 Å². The molecule has 4 rings (SSSR count). The van der Waals surface area contributed by atoms with Gasteiger partial charge < -0.3 is 20.1 Å². The maximum atomic E-state index is 13.8. The topological polar surface area (TPSA) is 95.9 Å². The van der Waals surface area contributed by atoms with E-state index in [9.17, 15) is 19.5 Å². The number of likely N-dealkylation sites (tertiary alicyclic amines) is 1. The van der Waals surface area contributed by atoms with Crippen molar-refractivity contribution < 1.29 is 24.2 Å². The number of benzene rings is 1. The Kier molecular flexibility index (Phi) is 5.82. The maximum absolute atomic E-state index is 13.8. The molecule has 32 heavy (non-hydrogen) atoms. The van der Waals surface area contributed by atoms with E-state index in [1.165, 1.54) is 4.90 Å². The van der Waals surface area contributed by atoms with Crippen LogP contribution in [0.5, 0.6) is 0 Å². The van der Waals surface area contributed by atoms with Crippen LogP contribution in [0.1, 0.15) is 44.7 Å². The third-order valence-electron chi connectivity index (χ3n) is 7.47. The van der Waals surface area contributed by atoms with E-state index in [2.05, 4.69) is 5.32 Å². The highest BCUT2D eigenvalue weighted by molar-refractivity contribution is 8.02. The van der Waals surface area contributed by atoms with Crippen molar-refractivity contribution in [3.05, 3.63) is 29.3 Å². The summed E-state index contributed by atoms with van der Waals surface area (Å²) in [6.07, 6.45) is 1.40. The van der Waals surface area contributed by atoms with Crippen LogP contribution < -0.4 is 5.32 Å². The predicted octanol–water partition coefficient (Wildman–Crippen LogP) is 2.67. The molecular formula is C24H32N2O5S. The molecule has 1 aromatic rings. The molecule has 2 unspecified atom stereocenters. The highest BCUT2D eigenvalue weighted by atomic mass is 32.2. The zero-order valence-corrected chi connectivity index (χ0v) is 20.1. The van der Waals surface area contributed by atoms with Crippen molar-refractivity contribution >= 4 is 35.2 Å². The Morgan fingerprint density at radius 3 is 2.56 bits per heavy atom. The summed E-state index contributed by atoms with van der Waals surface area (Å²) in [4.78, 5) is 42.1. The van der Waals surface area contributed by atoms with Crippen molar-refractivity contribution in [2.75, 3.05) is 18.5 Å². The number of aliphatic hydroxyl groups is 1. The highest BCUT2D eigenvalue weighted by Crippen LogP contribution is 2.71. The second-order valence-electron chi connectivity index (χ2n) is 9.51. The van der Waals surface area contributed by atoms with Crippen LogP contribution in [0.4, 0.5) is 5.69 Å². The molecule has 3 heterocycles. The lowest BCUT2D eigenvalue weighted by Crippen LogP contribution is -2.54. The van der Waals surface area contributed by atoms with Crippen molar-refractivity contribution in [3.8, 4) is 0 Å². The first-order chi connectivity index (χ1) is 15.1. The summed E-state index contributed by atoms with van der Waals surface area (Å²) in [7, 11) is 0. The number of carbonyl (C=O) groups excluding carboxylic acids is 3. The molecule has 6 atom stereocenters. The minimum atomic E-state index is -0.771. The molecule has 0 aliphatic carbocycles. The van der Waals surface area contributed by atoms with Gasteiger partial charge in [0.05, 0.1) is 35.8 Å². The standard InChI is InChI=1S/C24H32N2O5S/c1-6-31-22(30)17-16-21(29)26(15(4)12-27)19(24(16)11-10-23(17,5)32-24)20(28)25-18-13(2)8-7-9-14(18)3/h7-9,15-17,19,27H,6,10-12H2,1-5H3,(H,25,28)/t15-,16+,17+,19?,23-,24?/m1/s1. The molecule has 3 aliphatic heterocycles. The second kappa shape index (κ2) is 8.06. The lowest BCUT2D eigenvalue weighted by Gasteiger charge is -2.36. The fourth-order valence-electron chi connectivity index (χ4n) is 6.02. The quantitative estimate of drug-likeness (QED) is 0.634. The van der Waals surface area contributed by atoms with Gasteiger partial charge >= 0.3 is 5.97 Å². The number of fused-ring (bicyclic) bond motifs is 1. The summed E-state index contributed by atoms with van der Waals surface area (Å²) >= 11 is 1.60. The SMILES string of the molecule is CCOC(=O)[C@@H]1[C@H]2C(=O)N([C@H](C)CO)C(C(=O)Nc3c(C)cccc3C)C23CC[C@@]1(C)S3. The summed E-state index contributed by atoms with van der Waals surface area (Å²) < 4.78 is 4.21. The third-order valence-corrected chi connectivity index (χ3v) is 9.46. The number of nitrogens with zero attached hydrogens (tertiary/aromatic N) is 1. The first-order valence-electron chi connectivity index (χ1n) is 11.3. The number of para-hydroxylation sites is 1. The van der Waals surface area contributed by atoms with Gasteiger partial charge in [0.25, 0.3) is 0 Å². The molecule has 0 aromatic heterocycles. The minimum Gasteiger partial charge on any atom is -0.466 e. The molecule has 3 fully saturated rings. The molecule has 0 radical (unpaired) electrons. The summed E-state index contributed by atoms with van der Waals surface area (Å²) in [5, 5.41) is 13.0. The fraction of sp³-hybridized carbons (Fsp3) is 0.625. The fourth-order valence-corrected chi connectivity index (χ4v) is 8.35. The number of thioether (sulfide) groups is 1. The van der Waals surface area contributed by atoms with Crippen LogP contribution in [0.15, 0.2) is 18.2 Å². The number of hydrogen-bond acceptors (Lipinski definition) is 6. The first kappa shape index (κ1) is 23.1. The molecule has 0 saturated carbocycles. The molecule has 2 N–H and O–H groups in total. The van der Waals surface area contributed by atoms with Crippen LogP contribution in [0.2, 0.25) is 0 Å². The first-order valence-corrected chi connectivity index (χ1v) is 12.1. The Hall–Kier alpha value is -2.06. The Morgan fingerprint density at radius 1 is 1.31 bits per heavy atom. The molecular weight excluding hydrogens is 428 g/mol. The molecule has 1 aromatic carbocycles. The molecule has 2 bridgehead atoms. The van der Waals surface area contributed by atoms with E-state index < -0.39 is 33.4 Å². The van der Waals surface area contributed by atoms with Gasteiger partial charge in [-0.2, -0.15) is 0 Å². The Bertz CT molecular complexity index is 947. The van der Waals surface area contributed by atoms with Gasteiger partial charge in [0.2, 0.25) is 11.8 Å². The number of anilines is 1. The third kappa shape index (κ3) is 3.17. The van der Waals surface area contributed by atoms with Crippen LogP contribution in [0.25, 0.3) is 0 Å². The molecule has 3 saturated heterocycles. The number of carbonyl (C=O) groups is 3. The minimum absolute atomic E-state index is 0.234. The van der Waals surface area contributed by atoms with Gasteiger partial charge in [0, 0.05) is 10.4 Å². The van der Waals surface area contributed by atoms with Gasteiger partial charge in [0.15, 0.2) is 0 Å². The summed E-state index contributed by atoms with van der Waals surface area (Å²) in [5.74, 6) is -2.09. The molecule has 7 nitrogen and oxygen atoms in total. The van der Waals surface area contributed by atoms with Gasteiger partial charge in [-0.3, -0.25) is 14.4 Å². The summed E-state index contributed by atoms with van der Waals surface area (Å²) in [6.45, 7) is 9.38. The largest absolute Gasteiger partial charge is 0.466 e. The van der Waals surface area contributed by atoms with Crippen LogP contribution >= 0.6 is 11.8 Å². The Morgan fingerprint density at radius 2 is 1.97 bits per heavy atom. The zero-order chi connectivity index (χ0) is 23.4. The zero-order valence-electron chi connectivity index (χ0n) is 19.3. The van der Waals surface area contributed by atoms with Crippen LogP contribution in [0.3, 0.4) is 0 Å². The van der Waals surface area contributed by atoms with Gasteiger partial charge in [-0.05, 0) is 58.6 Å². The van der Waals surface area contributed by atoms with E-state index in [4.69, 9.17) is 4.74 Å².